The van der Waals surface area contributed by atoms with E-state index in [0.717, 1.165) is 0 Å². The number of carboxylic acids is 1. The van der Waals surface area contributed by atoms with E-state index in [1.807, 2.05) is 0 Å². The van der Waals surface area contributed by atoms with E-state index in [1.54, 1.807) is 0 Å². The third-order valence-corrected chi connectivity index (χ3v) is 0.874. The highest BCUT2D eigenvalue weighted by atomic mass is 16.4. The number of hydrogen-bond acceptors (Lipinski definition) is 2. The minimum absolute atomic E-state index is 0.419. The van der Waals surface area contributed by atoms with Crippen molar-refractivity contribution in [2.24, 2.45) is 0 Å². The molecule has 0 fully saturated rings. The summed E-state index contributed by atoms with van der Waals surface area (Å²) in [5.74, 6) is -1.50. The minimum atomic E-state index is -3.33. The molecule has 0 aromatic heterocycles. The standard InChI is InChI=1S/C7H15NO2/c1-8(2,3)6-4-5-7(9)10/h4-6H2,1-3H3/i1D3,2D3,3D3. The Labute approximate surface area is 74.5 Å². The number of carboxylic acid groups (broad SMARTS) is 1. The van der Waals surface area contributed by atoms with Crippen LogP contribution in [-0.2, 0) is 4.79 Å². The molecule has 0 atom stereocenters. The molecule has 0 saturated carbocycles. The molecule has 0 spiro atoms. The molecule has 0 aromatic rings. The lowest BCUT2D eigenvalue weighted by molar-refractivity contribution is -0.870. The highest BCUT2D eigenvalue weighted by Gasteiger charge is 2.04. The fourth-order valence-corrected chi connectivity index (χ4v) is 0.461. The normalized spacial score (nSPS) is 28.6. The highest BCUT2D eigenvalue weighted by molar-refractivity contribution is 5.64. The van der Waals surface area contributed by atoms with E-state index < -0.39 is 50.8 Å². The summed E-state index contributed by atoms with van der Waals surface area (Å²) >= 11 is 0. The Morgan fingerprint density at radius 3 is 2.60 bits per heavy atom. The number of nitrogens with zero attached hydrogens (tertiary/aromatic N) is 1. The zero-order valence-electron chi connectivity index (χ0n) is 14.4. The van der Waals surface area contributed by atoms with Crippen LogP contribution >= 0.6 is 0 Å². The number of carbonyl (C=O) groups is 1. The number of aliphatic carboxylic acids is 1. The first-order valence-electron chi connectivity index (χ1n) is 7.25. The van der Waals surface area contributed by atoms with Gasteiger partial charge in [0.25, 0.3) is 0 Å². The smallest absolute Gasteiger partial charge is 0.0886 e. The van der Waals surface area contributed by atoms with Gasteiger partial charge in [-0.2, -0.15) is 0 Å². The number of rotatable bonds is 4. The fraction of sp³-hybridized carbons (Fsp3) is 0.857. The maximum absolute atomic E-state index is 10.3. The molecule has 0 aromatic carbocycles. The summed E-state index contributed by atoms with van der Waals surface area (Å²) in [5, 5.41) is 10.3. The van der Waals surface area contributed by atoms with Gasteiger partial charge in [0, 0.05) is 12.4 Å². The summed E-state index contributed by atoms with van der Waals surface area (Å²) in [6, 6.07) is 0. The van der Waals surface area contributed by atoms with Gasteiger partial charge in [-0.25, -0.2) is 0 Å². The van der Waals surface area contributed by atoms with Crippen LogP contribution in [0, 0.1) is 0 Å². The van der Waals surface area contributed by atoms with Gasteiger partial charge in [0.15, 0.2) is 0 Å². The van der Waals surface area contributed by atoms with Gasteiger partial charge in [0.2, 0.25) is 0 Å². The van der Waals surface area contributed by atoms with Crippen molar-refractivity contribution in [2.45, 2.75) is 12.8 Å². The maximum atomic E-state index is 10.3. The van der Waals surface area contributed by atoms with E-state index in [0.29, 0.717) is 0 Å². The average molecular weight is 154 g/mol. The molecule has 3 heteroatoms. The van der Waals surface area contributed by atoms with Crippen LogP contribution in [0.1, 0.15) is 25.2 Å². The summed E-state index contributed by atoms with van der Waals surface area (Å²) in [7, 11) is 0. The predicted molar refractivity (Wildman–Crippen MR) is 37.1 cm³/mol. The molecule has 0 bridgehead atoms. The maximum Gasteiger partial charge on any atom is 0.0886 e. The van der Waals surface area contributed by atoms with Gasteiger partial charge in [-0.05, 0) is 6.42 Å². The molecule has 0 N–H and O–H groups in total. The van der Waals surface area contributed by atoms with Gasteiger partial charge < -0.3 is 14.4 Å². The first kappa shape index (κ1) is 2.21. The van der Waals surface area contributed by atoms with Crippen LogP contribution in [-0.4, -0.2) is 37.9 Å². The molecule has 0 saturated heterocycles. The van der Waals surface area contributed by atoms with Crippen LogP contribution in [0.2, 0.25) is 0 Å². The van der Waals surface area contributed by atoms with E-state index in [1.165, 1.54) is 0 Å². The third kappa shape index (κ3) is 7.43. The number of hydrogen-bond donors (Lipinski definition) is 0. The van der Waals surface area contributed by atoms with Gasteiger partial charge in [0.1, 0.15) is 0 Å². The Bertz CT molecular complexity index is 293. The zero-order valence-corrected chi connectivity index (χ0v) is 5.39. The topological polar surface area (TPSA) is 40.1 Å². The van der Waals surface area contributed by atoms with E-state index in [9.17, 15) is 9.90 Å². The van der Waals surface area contributed by atoms with Crippen LogP contribution in [0.25, 0.3) is 0 Å². The van der Waals surface area contributed by atoms with E-state index in [2.05, 4.69) is 0 Å². The molecule has 0 aliphatic rings. The van der Waals surface area contributed by atoms with Crippen molar-refractivity contribution in [3.05, 3.63) is 0 Å². The molecule has 60 valence electrons. The molecule has 0 radical (unpaired) electrons. The summed E-state index contributed by atoms with van der Waals surface area (Å²) in [5.41, 5.74) is 0. The average Bonchev–Trinajstić information content (AvgIpc) is 2.04. The van der Waals surface area contributed by atoms with Gasteiger partial charge >= 0.3 is 0 Å². The van der Waals surface area contributed by atoms with Crippen LogP contribution < -0.4 is 5.11 Å². The van der Waals surface area contributed by atoms with Crippen molar-refractivity contribution in [3.8, 4) is 0 Å². The quantitative estimate of drug-likeness (QED) is 0.499. The first-order valence-corrected chi connectivity index (χ1v) is 2.75. The zero-order chi connectivity index (χ0) is 15.7. The van der Waals surface area contributed by atoms with Crippen molar-refractivity contribution < 1.29 is 26.7 Å². The predicted octanol–water partition coefficient (Wildman–Crippen LogP) is -0.777. The largest absolute Gasteiger partial charge is 0.550 e. The second-order valence-electron chi connectivity index (χ2n) is 2.01. The van der Waals surface area contributed by atoms with Crippen LogP contribution in [0.15, 0.2) is 0 Å². The molecule has 3 nitrogen and oxygen atoms in total. The second-order valence-corrected chi connectivity index (χ2v) is 2.01. The molecule has 0 heterocycles. The molecule has 0 unspecified atom stereocenters. The summed E-state index contributed by atoms with van der Waals surface area (Å²) in [6.07, 6.45) is -1.03. The first-order chi connectivity index (χ1) is 8.17. The molecule has 10 heavy (non-hydrogen) atoms. The van der Waals surface area contributed by atoms with E-state index in [-0.39, 0.29) is 0 Å². The summed E-state index contributed by atoms with van der Waals surface area (Å²) in [6.45, 7) is -10.8. The molecular weight excluding hydrogens is 130 g/mol. The molecule has 0 rings (SSSR count). The lowest BCUT2D eigenvalue weighted by atomic mass is 10.3. The van der Waals surface area contributed by atoms with Gasteiger partial charge in [-0.15, -0.1) is 0 Å². The lowest BCUT2D eigenvalue weighted by Gasteiger charge is -2.23. The van der Waals surface area contributed by atoms with Crippen molar-refractivity contribution in [3.63, 3.8) is 0 Å². The molecular formula is C7H15NO2. The van der Waals surface area contributed by atoms with Crippen molar-refractivity contribution in [1.29, 1.82) is 0 Å². The second kappa shape index (κ2) is 3.56. The molecule has 0 amide bonds. The van der Waals surface area contributed by atoms with Crippen LogP contribution in [0.3, 0.4) is 0 Å². The summed E-state index contributed by atoms with van der Waals surface area (Å²) < 4.78 is 63.2. The van der Waals surface area contributed by atoms with E-state index >= 15 is 0 Å². The summed E-state index contributed by atoms with van der Waals surface area (Å²) in [4.78, 5) is 10.3. The Balaban J connectivity index is 5.62. The third-order valence-electron chi connectivity index (χ3n) is 0.874. The Hall–Kier alpha value is -0.570. The number of quaternary nitrogens is 1. The molecule has 0 aliphatic carbocycles. The lowest BCUT2D eigenvalue weighted by Crippen LogP contribution is -2.36. The van der Waals surface area contributed by atoms with Gasteiger partial charge in [-0.3, -0.25) is 0 Å². The number of carbonyl (C=O) groups excluding carboxylic acids is 1. The van der Waals surface area contributed by atoms with Crippen LogP contribution in [0.5, 0.6) is 0 Å². The van der Waals surface area contributed by atoms with Crippen LogP contribution in [0.4, 0.5) is 0 Å². The van der Waals surface area contributed by atoms with Gasteiger partial charge in [-0.1, -0.05) is 0 Å². The van der Waals surface area contributed by atoms with Gasteiger partial charge in [0.05, 0.1) is 39.8 Å². The Kier molecular flexibility index (Phi) is 0.786. The van der Waals surface area contributed by atoms with E-state index in [4.69, 9.17) is 12.3 Å². The SMILES string of the molecule is [2H]C([2H])([2H])[N+](CCCC(=O)[O-])(C([2H])([2H])[2H])C([2H])([2H])[2H]. The molecule has 0 aliphatic heterocycles. The minimum Gasteiger partial charge on any atom is -0.550 e. The Morgan fingerprint density at radius 2 is 2.20 bits per heavy atom. The Morgan fingerprint density at radius 1 is 1.60 bits per heavy atom. The van der Waals surface area contributed by atoms with Crippen molar-refractivity contribution in [2.75, 3.05) is 27.5 Å². The highest BCUT2D eigenvalue weighted by Crippen LogP contribution is 1.95. The monoisotopic (exact) mass is 154 g/mol. The van der Waals surface area contributed by atoms with Crippen molar-refractivity contribution >= 4 is 5.97 Å². The van der Waals surface area contributed by atoms with Crippen molar-refractivity contribution in [1.82, 2.24) is 0 Å². The fourth-order valence-electron chi connectivity index (χ4n) is 0.461.